The molecule has 1 aromatic carbocycles. The molecule has 1 aliphatic heterocycles. The number of aliphatic hydroxyl groups excluding tert-OH is 1. The lowest BCUT2D eigenvalue weighted by atomic mass is 10.1. The van der Waals surface area contributed by atoms with E-state index in [0.717, 1.165) is 18.4 Å². The molecule has 142 valence electrons. The highest BCUT2D eigenvalue weighted by Gasteiger charge is 2.40. The van der Waals surface area contributed by atoms with Gasteiger partial charge in [-0.15, -0.1) is 0 Å². The molecule has 7 heteroatoms. The lowest BCUT2D eigenvalue weighted by Crippen LogP contribution is -2.40. The smallest absolute Gasteiger partial charge is 0.410 e. The van der Waals surface area contributed by atoms with Gasteiger partial charge in [-0.1, -0.05) is 30.3 Å². The number of rotatable bonds is 6. The van der Waals surface area contributed by atoms with Crippen molar-refractivity contribution in [3.8, 4) is 0 Å². The first-order valence-electron chi connectivity index (χ1n) is 9.15. The molecule has 0 aromatic heterocycles. The molecule has 0 radical (unpaired) electrons. The third-order valence-corrected chi connectivity index (χ3v) is 4.79. The molecule has 1 saturated carbocycles. The summed E-state index contributed by atoms with van der Waals surface area (Å²) in [5, 5.41) is 10.3. The Morgan fingerprint density at radius 1 is 1.19 bits per heavy atom. The summed E-state index contributed by atoms with van der Waals surface area (Å²) < 4.78 is 10.4. The fourth-order valence-electron chi connectivity index (χ4n) is 3.21. The maximum atomic E-state index is 12.3. The summed E-state index contributed by atoms with van der Waals surface area (Å²) in [6.45, 7) is 3.29. The van der Waals surface area contributed by atoms with Crippen molar-refractivity contribution in [3.05, 3.63) is 35.9 Å². The predicted molar refractivity (Wildman–Crippen MR) is 94.4 cm³/mol. The summed E-state index contributed by atoms with van der Waals surface area (Å²) in [5.41, 5.74) is 0.916. The highest BCUT2D eigenvalue weighted by Crippen LogP contribution is 2.30. The number of ether oxygens (including phenoxy) is 2. The van der Waals surface area contributed by atoms with Gasteiger partial charge in [-0.3, -0.25) is 0 Å². The second kappa shape index (κ2) is 8.40. The minimum atomic E-state index is -0.671. The van der Waals surface area contributed by atoms with E-state index in [0.29, 0.717) is 19.7 Å². The van der Waals surface area contributed by atoms with Crippen LogP contribution in [0.2, 0.25) is 0 Å². The van der Waals surface area contributed by atoms with Crippen molar-refractivity contribution < 1.29 is 24.2 Å². The second-order valence-corrected chi connectivity index (χ2v) is 6.86. The first kappa shape index (κ1) is 18.5. The van der Waals surface area contributed by atoms with Crippen molar-refractivity contribution in [2.24, 2.45) is 5.92 Å². The molecule has 1 aliphatic carbocycles. The van der Waals surface area contributed by atoms with E-state index >= 15 is 0 Å². The Hall–Kier alpha value is -2.28. The molecular weight excluding hydrogens is 336 g/mol. The maximum absolute atomic E-state index is 12.3. The molecule has 1 N–H and O–H groups in total. The van der Waals surface area contributed by atoms with E-state index in [-0.39, 0.29) is 31.2 Å². The molecule has 1 aromatic rings. The first-order chi connectivity index (χ1) is 12.6. The number of likely N-dealkylation sites (tertiary alicyclic amines) is 1. The number of hydrogen-bond acceptors (Lipinski definition) is 5. The summed E-state index contributed by atoms with van der Waals surface area (Å²) >= 11 is 0. The standard InChI is InChI=1S/C19H26N2O5/c1-2-25-19(24)21(16-8-9-16)11-15-10-20(12-17(15)22)18(23)26-13-14-6-4-3-5-7-14/h3-7,15-17,22H,2,8-13H2,1H3/t15-,17+/m1/s1. The molecule has 2 amide bonds. The van der Waals surface area contributed by atoms with Crippen molar-refractivity contribution in [1.29, 1.82) is 0 Å². The Morgan fingerprint density at radius 2 is 1.92 bits per heavy atom. The van der Waals surface area contributed by atoms with Gasteiger partial charge in [0.25, 0.3) is 0 Å². The van der Waals surface area contributed by atoms with Crippen LogP contribution >= 0.6 is 0 Å². The Bertz CT molecular complexity index is 620. The van der Waals surface area contributed by atoms with Gasteiger partial charge < -0.3 is 24.4 Å². The monoisotopic (exact) mass is 362 g/mol. The minimum absolute atomic E-state index is 0.190. The van der Waals surface area contributed by atoms with Gasteiger partial charge in [-0.25, -0.2) is 9.59 Å². The van der Waals surface area contributed by atoms with E-state index in [2.05, 4.69) is 0 Å². The zero-order valence-electron chi connectivity index (χ0n) is 15.0. The number of aliphatic hydroxyl groups is 1. The summed E-state index contributed by atoms with van der Waals surface area (Å²) in [6, 6.07) is 9.66. The van der Waals surface area contributed by atoms with E-state index in [1.165, 1.54) is 4.90 Å². The largest absolute Gasteiger partial charge is 0.450 e. The highest BCUT2D eigenvalue weighted by atomic mass is 16.6. The lowest BCUT2D eigenvalue weighted by Gasteiger charge is -2.25. The maximum Gasteiger partial charge on any atom is 0.410 e. The van der Waals surface area contributed by atoms with Crippen LogP contribution < -0.4 is 0 Å². The van der Waals surface area contributed by atoms with Crippen LogP contribution in [0.4, 0.5) is 9.59 Å². The molecule has 0 spiro atoms. The van der Waals surface area contributed by atoms with Gasteiger partial charge in [0, 0.05) is 25.0 Å². The second-order valence-electron chi connectivity index (χ2n) is 6.86. The third-order valence-electron chi connectivity index (χ3n) is 4.79. The average molecular weight is 362 g/mol. The van der Waals surface area contributed by atoms with Gasteiger partial charge in [0.05, 0.1) is 19.3 Å². The van der Waals surface area contributed by atoms with Crippen LogP contribution in [0.25, 0.3) is 0 Å². The molecule has 0 unspecified atom stereocenters. The molecule has 1 heterocycles. The Morgan fingerprint density at radius 3 is 2.58 bits per heavy atom. The van der Waals surface area contributed by atoms with Gasteiger partial charge in [0.1, 0.15) is 6.61 Å². The Labute approximate surface area is 153 Å². The fraction of sp³-hybridized carbons (Fsp3) is 0.579. The molecule has 1 saturated heterocycles. The topological polar surface area (TPSA) is 79.3 Å². The molecule has 2 atom stereocenters. The minimum Gasteiger partial charge on any atom is -0.450 e. The summed E-state index contributed by atoms with van der Waals surface area (Å²) in [5.74, 6) is -0.190. The van der Waals surface area contributed by atoms with Crippen molar-refractivity contribution in [3.63, 3.8) is 0 Å². The molecule has 2 aliphatic rings. The van der Waals surface area contributed by atoms with Crippen molar-refractivity contribution >= 4 is 12.2 Å². The van der Waals surface area contributed by atoms with Crippen molar-refractivity contribution in [2.75, 3.05) is 26.2 Å². The molecular formula is C19H26N2O5. The zero-order valence-corrected chi connectivity index (χ0v) is 15.0. The van der Waals surface area contributed by atoms with Crippen LogP contribution in [-0.4, -0.2) is 65.5 Å². The number of nitrogens with zero attached hydrogens (tertiary/aromatic N) is 2. The number of carbonyl (C=O) groups excluding carboxylic acids is 2. The fourth-order valence-corrected chi connectivity index (χ4v) is 3.21. The number of hydrogen-bond donors (Lipinski definition) is 1. The Kier molecular flexibility index (Phi) is 5.98. The molecule has 26 heavy (non-hydrogen) atoms. The van der Waals surface area contributed by atoms with Crippen LogP contribution in [0, 0.1) is 5.92 Å². The normalized spacial score (nSPS) is 22.2. The lowest BCUT2D eigenvalue weighted by molar-refractivity contribution is 0.0793. The highest BCUT2D eigenvalue weighted by molar-refractivity contribution is 5.69. The zero-order chi connectivity index (χ0) is 18.5. The van der Waals surface area contributed by atoms with E-state index in [4.69, 9.17) is 9.47 Å². The van der Waals surface area contributed by atoms with Gasteiger partial charge in [-0.05, 0) is 25.3 Å². The van der Waals surface area contributed by atoms with Gasteiger partial charge in [0.2, 0.25) is 0 Å². The molecule has 0 bridgehead atoms. The van der Waals surface area contributed by atoms with Crippen LogP contribution in [0.3, 0.4) is 0 Å². The quantitative estimate of drug-likeness (QED) is 0.840. The number of carbonyl (C=O) groups is 2. The van der Waals surface area contributed by atoms with Crippen LogP contribution in [0.5, 0.6) is 0 Å². The van der Waals surface area contributed by atoms with Crippen molar-refractivity contribution in [1.82, 2.24) is 9.80 Å². The van der Waals surface area contributed by atoms with Gasteiger partial charge in [-0.2, -0.15) is 0 Å². The number of β-amino-alcohol motifs (C(OH)–C–C–N with tert-alkyl or cyclic N) is 1. The van der Waals surface area contributed by atoms with Gasteiger partial charge in [0.15, 0.2) is 0 Å². The SMILES string of the molecule is CCOC(=O)N(C[C@H]1CN(C(=O)OCc2ccccc2)C[C@@H]1O)C1CC1. The first-order valence-corrected chi connectivity index (χ1v) is 9.15. The van der Waals surface area contributed by atoms with E-state index in [1.807, 2.05) is 30.3 Å². The summed E-state index contributed by atoms with van der Waals surface area (Å²) in [7, 11) is 0. The average Bonchev–Trinajstić information content (AvgIpc) is 3.41. The number of benzene rings is 1. The molecule has 3 rings (SSSR count). The molecule has 7 nitrogen and oxygen atoms in total. The van der Waals surface area contributed by atoms with Crippen molar-refractivity contribution in [2.45, 2.75) is 38.5 Å². The Balaban J connectivity index is 1.51. The number of amides is 2. The van der Waals surface area contributed by atoms with Gasteiger partial charge >= 0.3 is 12.2 Å². The van der Waals surface area contributed by atoms with Crippen LogP contribution in [-0.2, 0) is 16.1 Å². The van der Waals surface area contributed by atoms with E-state index in [9.17, 15) is 14.7 Å². The van der Waals surface area contributed by atoms with E-state index < -0.39 is 12.2 Å². The van der Waals surface area contributed by atoms with Crippen LogP contribution in [0.15, 0.2) is 30.3 Å². The third kappa shape index (κ3) is 4.66. The molecule has 2 fully saturated rings. The summed E-state index contributed by atoms with van der Waals surface area (Å²) in [4.78, 5) is 27.6. The van der Waals surface area contributed by atoms with E-state index in [1.54, 1.807) is 11.8 Å². The predicted octanol–water partition coefficient (Wildman–Crippen LogP) is 2.24. The summed E-state index contributed by atoms with van der Waals surface area (Å²) in [6.07, 6.45) is 0.473. The van der Waals surface area contributed by atoms with Crippen LogP contribution in [0.1, 0.15) is 25.3 Å².